The van der Waals surface area contributed by atoms with Crippen LogP contribution in [-0.2, 0) is 32.6 Å². The van der Waals surface area contributed by atoms with E-state index in [1.54, 1.807) is 24.3 Å². The summed E-state index contributed by atoms with van der Waals surface area (Å²) < 4.78 is 40.6. The van der Waals surface area contributed by atoms with Crippen LogP contribution in [0.3, 0.4) is 0 Å². The van der Waals surface area contributed by atoms with Crippen LogP contribution in [0.2, 0.25) is 0 Å². The molecular weight excluding hydrogens is 627 g/mol. The molecule has 10 heteroatoms. The molecule has 0 aliphatic rings. The molecule has 0 aliphatic carbocycles. The summed E-state index contributed by atoms with van der Waals surface area (Å²) in [6.07, 6.45) is 0.952. The summed E-state index contributed by atoms with van der Waals surface area (Å²) in [6.45, 7) is 7.30. The summed E-state index contributed by atoms with van der Waals surface area (Å²) in [5.41, 5.74) is 3.91. The topological polar surface area (TPSA) is 105 Å². The van der Waals surface area contributed by atoms with Crippen molar-refractivity contribution >= 4 is 27.5 Å². The molecule has 0 saturated carbocycles. The van der Waals surface area contributed by atoms with Gasteiger partial charge in [-0.1, -0.05) is 79.2 Å². The lowest BCUT2D eigenvalue weighted by Gasteiger charge is -2.34. The number of sulfonamides is 1. The summed E-state index contributed by atoms with van der Waals surface area (Å²) in [5, 5.41) is 3.07. The maximum absolute atomic E-state index is 14.7. The Hall–Kier alpha value is -4.83. The van der Waals surface area contributed by atoms with Gasteiger partial charge in [0.25, 0.3) is 10.0 Å². The highest BCUT2D eigenvalue weighted by Crippen LogP contribution is 2.32. The molecule has 0 radical (unpaired) electrons. The Bertz CT molecular complexity index is 1800. The Balaban J connectivity index is 1.84. The number of ether oxygens (including phenoxy) is 2. The van der Waals surface area contributed by atoms with Gasteiger partial charge in [-0.25, -0.2) is 8.42 Å². The Morgan fingerprint density at radius 2 is 1.48 bits per heavy atom. The molecule has 0 fully saturated rings. The number of hydrogen-bond acceptors (Lipinski definition) is 6. The molecule has 9 nitrogen and oxygen atoms in total. The summed E-state index contributed by atoms with van der Waals surface area (Å²) in [6, 6.07) is 27.4. The van der Waals surface area contributed by atoms with Crippen LogP contribution in [0.15, 0.2) is 102 Å². The van der Waals surface area contributed by atoms with E-state index < -0.39 is 28.5 Å². The summed E-state index contributed by atoms with van der Waals surface area (Å²) in [5.74, 6) is -0.225. The van der Waals surface area contributed by atoms with E-state index in [-0.39, 0.29) is 35.6 Å². The number of carbonyl (C=O) groups is 2. The van der Waals surface area contributed by atoms with Crippen LogP contribution in [0.5, 0.6) is 11.5 Å². The number of benzene rings is 4. The molecule has 4 rings (SSSR count). The summed E-state index contributed by atoms with van der Waals surface area (Å²) >= 11 is 0. The van der Waals surface area contributed by atoms with Gasteiger partial charge in [-0.3, -0.25) is 13.9 Å². The maximum atomic E-state index is 14.7. The lowest BCUT2D eigenvalue weighted by molar-refractivity contribution is -0.140. The monoisotopic (exact) mass is 671 g/mol. The first-order valence-corrected chi connectivity index (χ1v) is 17.4. The minimum Gasteiger partial charge on any atom is -0.493 e. The largest absolute Gasteiger partial charge is 0.493 e. The molecule has 0 spiro atoms. The molecule has 0 aliphatic heterocycles. The third-order valence-corrected chi connectivity index (χ3v) is 10.2. The highest BCUT2D eigenvalue weighted by atomic mass is 32.2. The SMILES string of the molecule is CC[C@@H](C)NC(=O)[C@@H](Cc1ccccc1)N(Cc1ccccc1C)C(=O)CN(c1ccc(C)cc1)S(=O)(=O)c1ccc(OC)c(OC)c1. The fraction of sp³-hybridized carbons (Fsp3) is 0.316. The van der Waals surface area contributed by atoms with E-state index >= 15 is 0 Å². The number of carbonyl (C=O) groups excluding carboxylic acids is 2. The normalized spacial score (nSPS) is 12.5. The molecule has 0 heterocycles. The predicted molar refractivity (Wildman–Crippen MR) is 189 cm³/mol. The van der Waals surface area contributed by atoms with Gasteiger partial charge in [0, 0.05) is 25.1 Å². The third kappa shape index (κ3) is 8.74. The van der Waals surface area contributed by atoms with Crippen molar-refractivity contribution < 1.29 is 27.5 Å². The molecule has 0 unspecified atom stereocenters. The van der Waals surface area contributed by atoms with Crippen LogP contribution >= 0.6 is 0 Å². The first-order chi connectivity index (χ1) is 23.0. The van der Waals surface area contributed by atoms with E-state index in [9.17, 15) is 18.0 Å². The fourth-order valence-electron chi connectivity index (χ4n) is 5.31. The molecule has 2 amide bonds. The van der Waals surface area contributed by atoms with Gasteiger partial charge in [0.05, 0.1) is 24.8 Å². The van der Waals surface area contributed by atoms with Crippen molar-refractivity contribution in [1.82, 2.24) is 10.2 Å². The van der Waals surface area contributed by atoms with E-state index in [2.05, 4.69) is 5.32 Å². The zero-order valence-electron chi connectivity index (χ0n) is 28.5. The van der Waals surface area contributed by atoms with Crippen LogP contribution in [0.1, 0.15) is 42.5 Å². The number of hydrogen-bond donors (Lipinski definition) is 1. The number of rotatable bonds is 15. The van der Waals surface area contributed by atoms with Crippen LogP contribution in [0, 0.1) is 13.8 Å². The van der Waals surface area contributed by atoms with Crippen LogP contribution in [0.25, 0.3) is 0 Å². The number of anilines is 1. The second kappa shape index (κ2) is 16.3. The average Bonchev–Trinajstić information content (AvgIpc) is 3.09. The van der Waals surface area contributed by atoms with Crippen LogP contribution in [0.4, 0.5) is 5.69 Å². The van der Waals surface area contributed by atoms with Crippen molar-refractivity contribution in [2.45, 2.75) is 64.1 Å². The molecule has 0 saturated heterocycles. The predicted octanol–water partition coefficient (Wildman–Crippen LogP) is 6.07. The smallest absolute Gasteiger partial charge is 0.264 e. The van der Waals surface area contributed by atoms with Gasteiger partial charge in [0.1, 0.15) is 12.6 Å². The van der Waals surface area contributed by atoms with Crippen molar-refractivity contribution in [3.63, 3.8) is 0 Å². The Labute approximate surface area is 284 Å². The fourth-order valence-corrected chi connectivity index (χ4v) is 6.74. The average molecular weight is 672 g/mol. The van der Waals surface area contributed by atoms with Crippen molar-refractivity contribution in [3.8, 4) is 11.5 Å². The first-order valence-electron chi connectivity index (χ1n) is 16.0. The second-order valence-electron chi connectivity index (χ2n) is 11.8. The summed E-state index contributed by atoms with van der Waals surface area (Å²) in [7, 11) is -1.42. The van der Waals surface area contributed by atoms with E-state index in [1.165, 1.54) is 37.3 Å². The van der Waals surface area contributed by atoms with Crippen molar-refractivity contribution in [2.75, 3.05) is 25.1 Å². The van der Waals surface area contributed by atoms with Gasteiger partial charge in [0.15, 0.2) is 11.5 Å². The van der Waals surface area contributed by atoms with Gasteiger partial charge >= 0.3 is 0 Å². The lowest BCUT2D eigenvalue weighted by Crippen LogP contribution is -2.54. The Kier molecular flexibility index (Phi) is 12.2. The minimum absolute atomic E-state index is 0.0747. The molecule has 254 valence electrons. The zero-order valence-corrected chi connectivity index (χ0v) is 29.3. The van der Waals surface area contributed by atoms with Gasteiger partial charge in [-0.15, -0.1) is 0 Å². The highest BCUT2D eigenvalue weighted by molar-refractivity contribution is 7.92. The van der Waals surface area contributed by atoms with Crippen LogP contribution in [-0.4, -0.2) is 58.0 Å². The van der Waals surface area contributed by atoms with Gasteiger partial charge < -0.3 is 19.7 Å². The quantitative estimate of drug-likeness (QED) is 0.165. The van der Waals surface area contributed by atoms with Gasteiger partial charge in [-0.05, 0) is 68.1 Å². The van der Waals surface area contributed by atoms with Crippen molar-refractivity contribution in [3.05, 3.63) is 119 Å². The van der Waals surface area contributed by atoms with Crippen LogP contribution < -0.4 is 19.1 Å². The number of amides is 2. The highest BCUT2D eigenvalue weighted by Gasteiger charge is 2.35. The molecule has 48 heavy (non-hydrogen) atoms. The Morgan fingerprint density at radius 1 is 0.833 bits per heavy atom. The number of nitrogens with zero attached hydrogens (tertiary/aromatic N) is 2. The van der Waals surface area contributed by atoms with E-state index in [4.69, 9.17) is 9.47 Å². The second-order valence-corrected chi connectivity index (χ2v) is 13.7. The maximum Gasteiger partial charge on any atom is 0.264 e. The van der Waals surface area contributed by atoms with Crippen molar-refractivity contribution in [2.24, 2.45) is 0 Å². The van der Waals surface area contributed by atoms with E-state index in [0.29, 0.717) is 17.9 Å². The zero-order chi connectivity index (χ0) is 34.8. The molecule has 0 bridgehead atoms. The number of nitrogens with one attached hydrogen (secondary N) is 1. The van der Waals surface area contributed by atoms with Crippen molar-refractivity contribution in [1.29, 1.82) is 0 Å². The van der Waals surface area contributed by atoms with Gasteiger partial charge in [0.2, 0.25) is 11.8 Å². The molecule has 2 atom stereocenters. The van der Waals surface area contributed by atoms with E-state index in [1.807, 2.05) is 82.3 Å². The molecule has 4 aromatic carbocycles. The molecule has 0 aromatic heterocycles. The number of aryl methyl sites for hydroxylation is 2. The van der Waals surface area contributed by atoms with Gasteiger partial charge in [-0.2, -0.15) is 0 Å². The first kappa shape index (κ1) is 36.0. The molecule has 4 aromatic rings. The third-order valence-electron chi connectivity index (χ3n) is 8.42. The Morgan fingerprint density at radius 3 is 2.10 bits per heavy atom. The lowest BCUT2D eigenvalue weighted by atomic mass is 10.0. The van der Waals surface area contributed by atoms with E-state index in [0.717, 1.165) is 26.6 Å². The minimum atomic E-state index is -4.31. The number of methoxy groups -OCH3 is 2. The molecule has 1 N–H and O–H groups in total. The standard InChI is InChI=1S/C38H45N3O6S/c1-7-29(4)39-38(43)34(23-30-14-9-8-10-15-30)40(25-31-16-12-11-13-28(31)3)37(42)26-41(32-19-17-27(2)18-20-32)48(44,45)33-21-22-35(46-5)36(24-33)47-6/h8-22,24,29,34H,7,23,25-26H2,1-6H3,(H,39,43)/t29-,34-/m1/s1. The summed E-state index contributed by atoms with van der Waals surface area (Å²) in [4.78, 5) is 30.2. The molecular formula is C38H45N3O6S.